The lowest BCUT2D eigenvalue weighted by molar-refractivity contribution is -0.00461. The first-order valence-electron chi connectivity index (χ1n) is 6.81. The van der Waals surface area contributed by atoms with Crippen molar-refractivity contribution in [3.63, 3.8) is 0 Å². The molecule has 0 aromatic rings. The van der Waals surface area contributed by atoms with Gasteiger partial charge >= 0.3 is 0 Å². The second kappa shape index (κ2) is 6.14. The summed E-state index contributed by atoms with van der Waals surface area (Å²) in [7, 11) is 3.58. The Labute approximate surface area is 105 Å². The van der Waals surface area contributed by atoms with Crippen LogP contribution < -0.4 is 5.32 Å². The number of rotatable bonds is 5. The maximum absolute atomic E-state index is 5.50. The predicted octanol–water partition coefficient (Wildman–Crippen LogP) is 0.863. The van der Waals surface area contributed by atoms with Crippen LogP contribution in [0.1, 0.15) is 26.2 Å². The highest BCUT2D eigenvalue weighted by Crippen LogP contribution is 2.28. The molecule has 4 heteroatoms. The largest absolute Gasteiger partial charge is 0.377 e. The van der Waals surface area contributed by atoms with Gasteiger partial charge in [0.2, 0.25) is 0 Å². The minimum absolute atomic E-state index is 0.248. The van der Waals surface area contributed by atoms with Crippen LogP contribution in [0.2, 0.25) is 0 Å². The normalized spacial score (nSPS) is 39.0. The topological polar surface area (TPSA) is 33.7 Å². The fourth-order valence-electron chi connectivity index (χ4n) is 3.29. The molecule has 1 heterocycles. The van der Waals surface area contributed by atoms with Crippen LogP contribution in [-0.4, -0.2) is 63.0 Å². The molecule has 4 nitrogen and oxygen atoms in total. The molecule has 1 saturated heterocycles. The monoisotopic (exact) mass is 242 g/mol. The van der Waals surface area contributed by atoms with Gasteiger partial charge in [-0.1, -0.05) is 6.92 Å². The highest BCUT2D eigenvalue weighted by Gasteiger charge is 2.38. The Morgan fingerprint density at radius 2 is 1.76 bits per heavy atom. The van der Waals surface area contributed by atoms with Gasteiger partial charge in [0, 0.05) is 39.4 Å². The van der Waals surface area contributed by atoms with Crippen molar-refractivity contribution in [2.24, 2.45) is 0 Å². The first kappa shape index (κ1) is 13.3. The van der Waals surface area contributed by atoms with Crippen molar-refractivity contribution in [2.75, 3.05) is 33.9 Å². The quantitative estimate of drug-likeness (QED) is 0.775. The van der Waals surface area contributed by atoms with Crippen molar-refractivity contribution in [1.82, 2.24) is 10.2 Å². The molecule has 17 heavy (non-hydrogen) atoms. The maximum Gasteiger partial charge on any atom is 0.0971 e. The van der Waals surface area contributed by atoms with Crippen LogP contribution >= 0.6 is 0 Å². The number of methoxy groups -OCH3 is 2. The first-order valence-corrected chi connectivity index (χ1v) is 6.81. The molecule has 2 aliphatic rings. The molecule has 0 bridgehead atoms. The van der Waals surface area contributed by atoms with Crippen molar-refractivity contribution in [3.8, 4) is 0 Å². The zero-order valence-electron chi connectivity index (χ0n) is 11.3. The molecule has 4 atom stereocenters. The Morgan fingerprint density at radius 3 is 2.29 bits per heavy atom. The molecule has 2 rings (SSSR count). The summed E-state index contributed by atoms with van der Waals surface area (Å²) in [4.78, 5) is 2.56. The molecule has 1 aliphatic heterocycles. The van der Waals surface area contributed by atoms with Crippen molar-refractivity contribution < 1.29 is 9.47 Å². The van der Waals surface area contributed by atoms with E-state index in [0.717, 1.165) is 25.7 Å². The Kier molecular flexibility index (Phi) is 4.79. The van der Waals surface area contributed by atoms with Crippen molar-refractivity contribution in [1.29, 1.82) is 0 Å². The van der Waals surface area contributed by atoms with Gasteiger partial charge in [-0.2, -0.15) is 0 Å². The van der Waals surface area contributed by atoms with Crippen molar-refractivity contribution in [2.45, 2.75) is 50.5 Å². The van der Waals surface area contributed by atoms with Crippen molar-refractivity contribution in [3.05, 3.63) is 0 Å². The summed E-state index contributed by atoms with van der Waals surface area (Å²) in [6, 6.07) is 1.43. The van der Waals surface area contributed by atoms with Crippen LogP contribution in [0.25, 0.3) is 0 Å². The van der Waals surface area contributed by atoms with Crippen LogP contribution in [0, 0.1) is 0 Å². The van der Waals surface area contributed by atoms with E-state index in [1.165, 1.54) is 19.3 Å². The lowest BCUT2D eigenvalue weighted by Gasteiger charge is -2.23. The fourth-order valence-corrected chi connectivity index (χ4v) is 3.29. The van der Waals surface area contributed by atoms with Gasteiger partial charge in [-0.05, 0) is 25.8 Å². The van der Waals surface area contributed by atoms with Crippen LogP contribution in [0.3, 0.4) is 0 Å². The van der Waals surface area contributed by atoms with Gasteiger partial charge < -0.3 is 14.8 Å². The van der Waals surface area contributed by atoms with Gasteiger partial charge in [0.25, 0.3) is 0 Å². The number of ether oxygens (including phenoxy) is 2. The number of hydrogen-bond donors (Lipinski definition) is 1. The molecule has 0 radical (unpaired) electrons. The highest BCUT2D eigenvalue weighted by atomic mass is 16.5. The van der Waals surface area contributed by atoms with E-state index in [1.54, 1.807) is 14.2 Å². The summed E-state index contributed by atoms with van der Waals surface area (Å²) in [5, 5.41) is 3.56. The molecular weight excluding hydrogens is 216 g/mol. The Morgan fingerprint density at radius 1 is 1.12 bits per heavy atom. The van der Waals surface area contributed by atoms with Crippen molar-refractivity contribution >= 4 is 0 Å². The second-order valence-corrected chi connectivity index (χ2v) is 5.22. The van der Waals surface area contributed by atoms with Crippen LogP contribution in [0.4, 0.5) is 0 Å². The third-order valence-corrected chi connectivity index (χ3v) is 4.26. The van der Waals surface area contributed by atoms with Gasteiger partial charge in [-0.25, -0.2) is 0 Å². The second-order valence-electron chi connectivity index (χ2n) is 5.22. The van der Waals surface area contributed by atoms with Crippen LogP contribution in [0.15, 0.2) is 0 Å². The summed E-state index contributed by atoms with van der Waals surface area (Å²) >= 11 is 0. The Balaban J connectivity index is 1.84. The van der Waals surface area contributed by atoms with E-state index in [0.29, 0.717) is 6.04 Å². The number of nitrogens with zero attached hydrogens (tertiary/aromatic N) is 1. The van der Waals surface area contributed by atoms with Gasteiger partial charge in [0.05, 0.1) is 12.2 Å². The standard InChI is InChI=1S/C13H26N2O2/c1-4-14-10-5-6-11(7-10)15-8-12(16-2)13(9-15)17-3/h10-14H,4-9H2,1-3H3. The minimum Gasteiger partial charge on any atom is -0.377 e. The summed E-state index contributed by atoms with van der Waals surface area (Å²) in [5.74, 6) is 0. The minimum atomic E-state index is 0.248. The van der Waals surface area contributed by atoms with Crippen LogP contribution in [0.5, 0.6) is 0 Å². The molecule has 1 saturated carbocycles. The molecule has 2 fully saturated rings. The first-order chi connectivity index (χ1) is 8.28. The van der Waals surface area contributed by atoms with Gasteiger partial charge in [-0.3, -0.25) is 4.90 Å². The summed E-state index contributed by atoms with van der Waals surface area (Å²) in [5.41, 5.74) is 0. The molecule has 0 spiro atoms. The lowest BCUT2D eigenvalue weighted by atomic mass is 10.2. The van der Waals surface area contributed by atoms with E-state index in [9.17, 15) is 0 Å². The molecule has 0 aromatic carbocycles. The van der Waals surface area contributed by atoms with Gasteiger partial charge in [-0.15, -0.1) is 0 Å². The van der Waals surface area contributed by atoms with Gasteiger partial charge in [0.15, 0.2) is 0 Å². The zero-order valence-corrected chi connectivity index (χ0v) is 11.3. The Bertz CT molecular complexity index is 225. The molecule has 100 valence electrons. The zero-order chi connectivity index (χ0) is 12.3. The van der Waals surface area contributed by atoms with Gasteiger partial charge in [0.1, 0.15) is 0 Å². The molecule has 1 aliphatic carbocycles. The smallest absolute Gasteiger partial charge is 0.0971 e. The van der Waals surface area contributed by atoms with E-state index < -0.39 is 0 Å². The van der Waals surface area contributed by atoms with E-state index in [-0.39, 0.29) is 12.2 Å². The molecule has 1 N–H and O–H groups in total. The number of likely N-dealkylation sites (tertiary alicyclic amines) is 1. The molecule has 4 unspecified atom stereocenters. The van der Waals surface area contributed by atoms with E-state index in [2.05, 4.69) is 17.1 Å². The maximum atomic E-state index is 5.50. The van der Waals surface area contributed by atoms with Crippen LogP contribution in [-0.2, 0) is 9.47 Å². The number of nitrogens with one attached hydrogen (secondary N) is 1. The summed E-state index contributed by atoms with van der Waals surface area (Å²) in [6.07, 6.45) is 4.39. The molecule has 0 amide bonds. The van der Waals surface area contributed by atoms with E-state index >= 15 is 0 Å². The average molecular weight is 242 g/mol. The molecule has 0 aromatic heterocycles. The Hall–Kier alpha value is -0.160. The fraction of sp³-hybridized carbons (Fsp3) is 1.00. The third kappa shape index (κ3) is 2.99. The van der Waals surface area contributed by atoms with E-state index in [1.807, 2.05) is 0 Å². The van der Waals surface area contributed by atoms with E-state index in [4.69, 9.17) is 9.47 Å². The lowest BCUT2D eigenvalue weighted by Crippen LogP contribution is -2.35. The average Bonchev–Trinajstić information content (AvgIpc) is 2.94. The summed E-state index contributed by atoms with van der Waals surface area (Å²) in [6.45, 7) is 5.32. The highest BCUT2D eigenvalue weighted by molar-refractivity contribution is 4.94. The SMILES string of the molecule is CCNC1CCC(N2CC(OC)C(OC)C2)C1. The summed E-state index contributed by atoms with van der Waals surface area (Å²) < 4.78 is 11.0. The molecular formula is C13H26N2O2. The predicted molar refractivity (Wildman–Crippen MR) is 68.3 cm³/mol. The third-order valence-electron chi connectivity index (χ3n) is 4.26. The number of hydrogen-bond acceptors (Lipinski definition) is 4.